The molecule has 0 aliphatic heterocycles. The van der Waals surface area contributed by atoms with Gasteiger partial charge in [-0.2, -0.15) is 0 Å². The van der Waals surface area contributed by atoms with E-state index in [1.807, 2.05) is 103 Å². The summed E-state index contributed by atoms with van der Waals surface area (Å²) in [5, 5.41) is 2.73. The Balaban J connectivity index is 1.52. The quantitative estimate of drug-likeness (QED) is 0.199. The molecule has 0 aromatic heterocycles. The molecule has 7 heteroatoms. The third kappa shape index (κ3) is 8.72. The van der Waals surface area contributed by atoms with Crippen LogP contribution in [0, 0.1) is 0 Å². The maximum absolute atomic E-state index is 13.2. The molecule has 0 fully saturated rings. The first kappa shape index (κ1) is 27.9. The number of carbonyl (C=O) groups is 2. The van der Waals surface area contributed by atoms with E-state index in [1.165, 1.54) is 0 Å². The maximum atomic E-state index is 13.2. The summed E-state index contributed by atoms with van der Waals surface area (Å²) in [5.74, 6) is 0.236. The largest absolute Gasteiger partial charge is 0.497 e. The standard InChI is InChI=1S/C32H30BrNO5/c1-37-29-14-8-13-25(18-29)17-27-19-28(33)16-15-26(27)20-30(31(35)38-21-23-9-4-2-5-10-23)34-32(36)39-22-24-11-6-3-7-12-24/h2-16,18-19,30H,17,20-22H2,1H3,(H,34,36). The molecule has 1 unspecified atom stereocenters. The van der Waals surface area contributed by atoms with Crippen molar-refractivity contribution in [1.82, 2.24) is 5.32 Å². The van der Waals surface area contributed by atoms with Gasteiger partial charge >= 0.3 is 12.1 Å². The van der Waals surface area contributed by atoms with Crippen LogP contribution in [0.3, 0.4) is 0 Å². The van der Waals surface area contributed by atoms with Crippen molar-refractivity contribution in [3.8, 4) is 5.75 Å². The number of esters is 1. The fourth-order valence-corrected chi connectivity index (χ4v) is 4.52. The van der Waals surface area contributed by atoms with Crippen LogP contribution in [-0.4, -0.2) is 25.2 Å². The molecule has 0 spiro atoms. The number of methoxy groups -OCH3 is 1. The lowest BCUT2D eigenvalue weighted by molar-refractivity contribution is -0.147. The lowest BCUT2D eigenvalue weighted by Crippen LogP contribution is -2.43. The highest BCUT2D eigenvalue weighted by molar-refractivity contribution is 9.10. The van der Waals surface area contributed by atoms with Crippen LogP contribution in [0.25, 0.3) is 0 Å². The molecule has 0 saturated heterocycles. The average Bonchev–Trinajstić information content (AvgIpc) is 2.97. The van der Waals surface area contributed by atoms with Crippen molar-refractivity contribution in [2.24, 2.45) is 0 Å². The van der Waals surface area contributed by atoms with E-state index < -0.39 is 18.1 Å². The van der Waals surface area contributed by atoms with E-state index in [0.29, 0.717) is 6.42 Å². The Morgan fingerprint density at radius 1 is 0.744 bits per heavy atom. The zero-order valence-electron chi connectivity index (χ0n) is 21.6. The van der Waals surface area contributed by atoms with Gasteiger partial charge in [0.15, 0.2) is 0 Å². The van der Waals surface area contributed by atoms with Gasteiger partial charge in [0.05, 0.1) is 7.11 Å². The molecule has 4 aromatic carbocycles. The number of ether oxygens (including phenoxy) is 3. The molecule has 0 saturated carbocycles. The summed E-state index contributed by atoms with van der Waals surface area (Å²) in [6.45, 7) is 0.200. The Morgan fingerprint density at radius 3 is 2.05 bits per heavy atom. The summed E-state index contributed by atoms with van der Waals surface area (Å²) in [4.78, 5) is 26.0. The second kappa shape index (κ2) is 14.2. The first-order valence-electron chi connectivity index (χ1n) is 12.6. The van der Waals surface area contributed by atoms with Crippen LogP contribution in [0.1, 0.15) is 27.8 Å². The number of benzene rings is 4. The molecule has 0 aliphatic rings. The molecule has 1 amide bonds. The van der Waals surface area contributed by atoms with Crippen molar-refractivity contribution in [2.75, 3.05) is 7.11 Å². The van der Waals surface area contributed by atoms with Crippen molar-refractivity contribution in [3.63, 3.8) is 0 Å². The predicted octanol–water partition coefficient (Wildman–Crippen LogP) is 6.63. The zero-order valence-corrected chi connectivity index (χ0v) is 23.2. The SMILES string of the molecule is COc1cccc(Cc2cc(Br)ccc2CC(NC(=O)OCc2ccccc2)C(=O)OCc2ccccc2)c1. The fourth-order valence-electron chi connectivity index (χ4n) is 4.11. The average molecular weight is 588 g/mol. The molecule has 0 bridgehead atoms. The van der Waals surface area contributed by atoms with Gasteiger partial charge in [0.1, 0.15) is 25.0 Å². The Kier molecular flexibility index (Phi) is 10.1. The van der Waals surface area contributed by atoms with E-state index in [4.69, 9.17) is 14.2 Å². The van der Waals surface area contributed by atoms with Crippen LogP contribution >= 0.6 is 15.9 Å². The van der Waals surface area contributed by atoms with Crippen LogP contribution in [0.15, 0.2) is 108 Å². The van der Waals surface area contributed by atoms with Crippen molar-refractivity contribution >= 4 is 28.0 Å². The van der Waals surface area contributed by atoms with Crippen LogP contribution in [0.4, 0.5) is 4.79 Å². The topological polar surface area (TPSA) is 73.9 Å². The highest BCUT2D eigenvalue weighted by Gasteiger charge is 2.25. The lowest BCUT2D eigenvalue weighted by atomic mass is 9.95. The van der Waals surface area contributed by atoms with Gasteiger partial charge in [-0.15, -0.1) is 0 Å². The fraction of sp³-hybridized carbons (Fsp3) is 0.188. The van der Waals surface area contributed by atoms with E-state index >= 15 is 0 Å². The van der Waals surface area contributed by atoms with Crippen molar-refractivity contribution in [3.05, 3.63) is 135 Å². The van der Waals surface area contributed by atoms with Crippen LogP contribution < -0.4 is 10.1 Å². The second-order valence-corrected chi connectivity index (χ2v) is 9.91. The van der Waals surface area contributed by atoms with Gasteiger partial charge in [0.2, 0.25) is 0 Å². The number of nitrogens with one attached hydrogen (secondary N) is 1. The Morgan fingerprint density at radius 2 is 1.38 bits per heavy atom. The van der Waals surface area contributed by atoms with Gasteiger partial charge in [-0.25, -0.2) is 9.59 Å². The lowest BCUT2D eigenvalue weighted by Gasteiger charge is -2.20. The molecule has 1 atom stereocenters. The first-order valence-corrected chi connectivity index (χ1v) is 13.4. The van der Waals surface area contributed by atoms with Gasteiger partial charge in [0, 0.05) is 10.9 Å². The van der Waals surface area contributed by atoms with Crippen molar-refractivity contribution in [1.29, 1.82) is 0 Å². The predicted molar refractivity (Wildman–Crippen MR) is 153 cm³/mol. The highest BCUT2D eigenvalue weighted by Crippen LogP contribution is 2.23. The van der Waals surface area contributed by atoms with Gasteiger partial charge < -0.3 is 19.5 Å². The molecule has 0 radical (unpaired) electrons. The molecule has 39 heavy (non-hydrogen) atoms. The third-order valence-corrected chi connectivity index (χ3v) is 6.63. The van der Waals surface area contributed by atoms with E-state index in [0.717, 1.165) is 38.0 Å². The van der Waals surface area contributed by atoms with Gasteiger partial charge in [-0.05, 0) is 58.5 Å². The number of hydrogen-bond donors (Lipinski definition) is 1. The third-order valence-electron chi connectivity index (χ3n) is 6.13. The molecule has 4 rings (SSSR count). The van der Waals surface area contributed by atoms with Gasteiger partial charge in [-0.3, -0.25) is 0 Å². The molecular formula is C32H30BrNO5. The van der Waals surface area contributed by atoms with Crippen molar-refractivity contribution < 1.29 is 23.8 Å². The molecule has 0 aliphatic carbocycles. The summed E-state index contributed by atoms with van der Waals surface area (Å²) in [6.07, 6.45) is 0.170. The minimum Gasteiger partial charge on any atom is -0.497 e. The Bertz CT molecular complexity index is 1380. The maximum Gasteiger partial charge on any atom is 0.408 e. The monoisotopic (exact) mass is 587 g/mol. The summed E-state index contributed by atoms with van der Waals surface area (Å²) in [7, 11) is 1.64. The van der Waals surface area contributed by atoms with E-state index in [1.54, 1.807) is 7.11 Å². The number of alkyl carbamates (subject to hydrolysis) is 1. The van der Waals surface area contributed by atoms with E-state index in [9.17, 15) is 9.59 Å². The van der Waals surface area contributed by atoms with E-state index in [-0.39, 0.29) is 19.6 Å². The highest BCUT2D eigenvalue weighted by atomic mass is 79.9. The Labute approximate surface area is 237 Å². The number of carbonyl (C=O) groups excluding carboxylic acids is 2. The molecule has 200 valence electrons. The number of rotatable bonds is 11. The van der Waals surface area contributed by atoms with Crippen molar-refractivity contribution in [2.45, 2.75) is 32.1 Å². The molecule has 6 nitrogen and oxygen atoms in total. The van der Waals surface area contributed by atoms with Crippen LogP contribution in [0.5, 0.6) is 5.75 Å². The molecule has 4 aromatic rings. The van der Waals surface area contributed by atoms with Gasteiger partial charge in [-0.1, -0.05) is 94.8 Å². The number of halogens is 1. The van der Waals surface area contributed by atoms with Crippen LogP contribution in [0.2, 0.25) is 0 Å². The minimum atomic E-state index is -0.942. The first-order chi connectivity index (χ1) is 19.0. The van der Waals surface area contributed by atoms with Gasteiger partial charge in [0.25, 0.3) is 0 Å². The summed E-state index contributed by atoms with van der Waals surface area (Å²) in [6, 6.07) is 31.6. The smallest absolute Gasteiger partial charge is 0.408 e. The van der Waals surface area contributed by atoms with E-state index in [2.05, 4.69) is 21.2 Å². The zero-order chi connectivity index (χ0) is 27.5. The summed E-state index contributed by atoms with van der Waals surface area (Å²) < 4.78 is 17.3. The molecule has 1 N–H and O–H groups in total. The normalized spacial score (nSPS) is 11.3. The molecular weight excluding hydrogens is 558 g/mol. The number of hydrogen-bond acceptors (Lipinski definition) is 5. The Hall–Kier alpha value is -4.10. The van der Waals surface area contributed by atoms with Crippen LogP contribution in [-0.2, 0) is 40.3 Å². The summed E-state index contributed by atoms with van der Waals surface area (Å²) in [5.41, 5.74) is 4.69. The minimum absolute atomic E-state index is 0.0951. The second-order valence-electron chi connectivity index (χ2n) is 9.00. The summed E-state index contributed by atoms with van der Waals surface area (Å²) >= 11 is 3.56. The number of amides is 1. The molecule has 0 heterocycles.